The number of hydrogen-bond donors (Lipinski definition) is 1. The van der Waals surface area contributed by atoms with E-state index in [2.05, 4.69) is 5.32 Å². The van der Waals surface area contributed by atoms with Gasteiger partial charge in [-0.15, -0.1) is 0 Å². The van der Waals surface area contributed by atoms with Gasteiger partial charge in [0.25, 0.3) is 5.91 Å². The molecule has 0 aromatic heterocycles. The summed E-state index contributed by atoms with van der Waals surface area (Å²) >= 11 is 12.3. The first-order chi connectivity index (χ1) is 15.6. The van der Waals surface area contributed by atoms with Crippen LogP contribution in [0.15, 0.2) is 71.1 Å². The van der Waals surface area contributed by atoms with E-state index < -0.39 is 16.0 Å². The summed E-state index contributed by atoms with van der Waals surface area (Å²) in [5.74, 6) is -0.706. The molecule has 0 radical (unpaired) electrons. The van der Waals surface area contributed by atoms with Crippen molar-refractivity contribution in [3.05, 3.63) is 93.0 Å². The predicted octanol–water partition coefficient (Wildman–Crippen LogP) is 5.92. The van der Waals surface area contributed by atoms with E-state index in [0.717, 1.165) is 11.1 Å². The number of nitrogens with zero attached hydrogens (tertiary/aromatic N) is 1. The van der Waals surface area contributed by atoms with Crippen LogP contribution >= 0.6 is 23.2 Å². The number of benzene rings is 3. The standard InChI is InChI=1S/C24H18Cl2N2O4S/c1-15-3-8-20(9-4-15)33(30,31)32-23-10-6-17(12-22(23)26)11-18(14-27)24(29)28-19-7-5-16(2)21(25)13-19/h3-13H,1-2H3,(H,28,29)/b18-11+. The molecule has 0 aliphatic carbocycles. The van der Waals surface area contributed by atoms with Gasteiger partial charge in [0, 0.05) is 10.7 Å². The van der Waals surface area contributed by atoms with E-state index in [0.29, 0.717) is 16.3 Å². The molecule has 33 heavy (non-hydrogen) atoms. The molecule has 9 heteroatoms. The van der Waals surface area contributed by atoms with Crippen LogP contribution in [0, 0.1) is 25.2 Å². The summed E-state index contributed by atoms with van der Waals surface area (Å²) in [5, 5.41) is 12.5. The fourth-order valence-corrected chi connectivity index (χ4v) is 4.13. The highest BCUT2D eigenvalue weighted by Crippen LogP contribution is 2.29. The minimum atomic E-state index is -4.07. The lowest BCUT2D eigenvalue weighted by molar-refractivity contribution is -0.112. The smallest absolute Gasteiger partial charge is 0.339 e. The van der Waals surface area contributed by atoms with Gasteiger partial charge in [-0.1, -0.05) is 53.0 Å². The van der Waals surface area contributed by atoms with Gasteiger partial charge in [0.1, 0.15) is 16.5 Å². The molecule has 0 aliphatic rings. The van der Waals surface area contributed by atoms with Gasteiger partial charge < -0.3 is 9.50 Å². The largest absolute Gasteiger partial charge is 0.377 e. The zero-order valence-corrected chi connectivity index (χ0v) is 19.9. The van der Waals surface area contributed by atoms with Crippen molar-refractivity contribution < 1.29 is 17.4 Å². The van der Waals surface area contributed by atoms with Gasteiger partial charge in [-0.25, -0.2) is 0 Å². The molecule has 0 unspecified atom stereocenters. The fraction of sp³-hybridized carbons (Fsp3) is 0.0833. The van der Waals surface area contributed by atoms with Crippen molar-refractivity contribution >= 4 is 51.0 Å². The predicted molar refractivity (Wildman–Crippen MR) is 129 cm³/mol. The molecule has 0 saturated heterocycles. The minimum Gasteiger partial charge on any atom is -0.377 e. The van der Waals surface area contributed by atoms with Crippen molar-refractivity contribution in [1.29, 1.82) is 5.26 Å². The third-order valence-corrected chi connectivity index (χ3v) is 6.52. The molecule has 3 aromatic carbocycles. The maximum absolute atomic E-state index is 12.5. The third kappa shape index (κ3) is 6.14. The topological polar surface area (TPSA) is 96.3 Å². The molecule has 0 fully saturated rings. The Morgan fingerprint density at radius 2 is 1.70 bits per heavy atom. The lowest BCUT2D eigenvalue weighted by Crippen LogP contribution is -2.13. The van der Waals surface area contributed by atoms with Crippen LogP contribution < -0.4 is 9.50 Å². The summed E-state index contributed by atoms with van der Waals surface area (Å²) in [7, 11) is -4.07. The average Bonchev–Trinajstić information content (AvgIpc) is 2.76. The number of amides is 1. The van der Waals surface area contributed by atoms with Crippen LogP contribution in [0.1, 0.15) is 16.7 Å². The molecule has 0 heterocycles. The molecule has 168 valence electrons. The second-order valence-electron chi connectivity index (χ2n) is 7.13. The lowest BCUT2D eigenvalue weighted by Gasteiger charge is -2.10. The Morgan fingerprint density at radius 1 is 1.00 bits per heavy atom. The van der Waals surface area contributed by atoms with Gasteiger partial charge in [0.2, 0.25) is 0 Å². The SMILES string of the molecule is Cc1ccc(S(=O)(=O)Oc2ccc(/C=C(\C#N)C(=O)Nc3ccc(C)c(Cl)c3)cc2Cl)cc1. The number of aryl methyl sites for hydroxylation is 2. The van der Waals surface area contributed by atoms with E-state index in [1.807, 2.05) is 19.9 Å². The van der Waals surface area contributed by atoms with Gasteiger partial charge in [-0.05, 0) is 67.4 Å². The Hall–Kier alpha value is -3.31. The van der Waals surface area contributed by atoms with Crippen LogP contribution in [0.4, 0.5) is 5.69 Å². The van der Waals surface area contributed by atoms with E-state index in [-0.39, 0.29) is 21.2 Å². The monoisotopic (exact) mass is 500 g/mol. The van der Waals surface area contributed by atoms with Crippen LogP contribution in [0.5, 0.6) is 5.75 Å². The Morgan fingerprint density at radius 3 is 2.30 bits per heavy atom. The van der Waals surface area contributed by atoms with E-state index in [9.17, 15) is 18.5 Å². The molecule has 1 amide bonds. The van der Waals surface area contributed by atoms with Crippen LogP contribution in [0.2, 0.25) is 10.0 Å². The molecule has 3 aromatic rings. The van der Waals surface area contributed by atoms with Crippen molar-refractivity contribution in [2.24, 2.45) is 0 Å². The van der Waals surface area contributed by atoms with E-state index in [1.54, 1.807) is 30.3 Å². The first kappa shape index (κ1) is 24.3. The minimum absolute atomic E-state index is 0.00227. The molecular formula is C24H18Cl2N2O4S. The van der Waals surface area contributed by atoms with E-state index >= 15 is 0 Å². The van der Waals surface area contributed by atoms with Crippen molar-refractivity contribution in [2.45, 2.75) is 18.7 Å². The highest BCUT2D eigenvalue weighted by molar-refractivity contribution is 7.87. The molecule has 0 spiro atoms. The number of halogens is 2. The molecule has 3 rings (SSSR count). The number of carbonyl (C=O) groups is 1. The average molecular weight is 501 g/mol. The second-order valence-corrected chi connectivity index (χ2v) is 9.49. The normalized spacial score (nSPS) is 11.5. The summed E-state index contributed by atoms with van der Waals surface area (Å²) in [6.45, 7) is 3.67. The lowest BCUT2D eigenvalue weighted by atomic mass is 10.1. The first-order valence-electron chi connectivity index (χ1n) is 9.59. The Bertz CT molecular complexity index is 1390. The first-order valence-corrected chi connectivity index (χ1v) is 11.8. The van der Waals surface area contributed by atoms with Crippen LogP contribution in [0.25, 0.3) is 6.08 Å². The number of rotatable bonds is 6. The quantitative estimate of drug-likeness (QED) is 0.257. The second kappa shape index (κ2) is 10.1. The van der Waals surface area contributed by atoms with Gasteiger partial charge in [0.15, 0.2) is 5.75 Å². The summed E-state index contributed by atoms with van der Waals surface area (Å²) < 4.78 is 30.1. The third-order valence-electron chi connectivity index (χ3n) is 4.57. The van der Waals surface area contributed by atoms with Crippen LogP contribution in [0.3, 0.4) is 0 Å². The van der Waals surface area contributed by atoms with Crippen LogP contribution in [-0.2, 0) is 14.9 Å². The van der Waals surface area contributed by atoms with Crippen LogP contribution in [-0.4, -0.2) is 14.3 Å². The molecular weight excluding hydrogens is 483 g/mol. The van der Waals surface area contributed by atoms with Crippen molar-refractivity contribution in [3.8, 4) is 11.8 Å². The Balaban J connectivity index is 1.80. The fourth-order valence-electron chi connectivity index (χ4n) is 2.73. The number of carbonyl (C=O) groups excluding carboxylic acids is 1. The number of nitriles is 1. The highest BCUT2D eigenvalue weighted by atomic mass is 35.5. The maximum atomic E-state index is 12.5. The van der Waals surface area contributed by atoms with Gasteiger partial charge in [0.05, 0.1) is 5.02 Å². The molecule has 0 saturated carbocycles. The van der Waals surface area contributed by atoms with E-state index in [4.69, 9.17) is 27.4 Å². The summed E-state index contributed by atoms with van der Waals surface area (Å²) in [6.07, 6.45) is 1.33. The van der Waals surface area contributed by atoms with Crippen molar-refractivity contribution in [3.63, 3.8) is 0 Å². The molecule has 0 aliphatic heterocycles. The highest BCUT2D eigenvalue weighted by Gasteiger charge is 2.18. The van der Waals surface area contributed by atoms with Gasteiger partial charge in [-0.3, -0.25) is 4.79 Å². The van der Waals surface area contributed by atoms with Crippen molar-refractivity contribution in [1.82, 2.24) is 0 Å². The molecule has 0 atom stereocenters. The molecule has 1 N–H and O–H groups in total. The summed E-state index contributed by atoms with van der Waals surface area (Å²) in [6, 6.07) is 17.3. The Labute approximate surface area is 202 Å². The Kier molecular flexibility index (Phi) is 7.44. The van der Waals surface area contributed by atoms with Crippen molar-refractivity contribution in [2.75, 3.05) is 5.32 Å². The van der Waals surface area contributed by atoms with E-state index in [1.165, 1.54) is 36.4 Å². The maximum Gasteiger partial charge on any atom is 0.339 e. The zero-order chi connectivity index (χ0) is 24.2. The zero-order valence-electron chi connectivity index (χ0n) is 17.6. The number of nitrogens with one attached hydrogen (secondary N) is 1. The molecule has 0 bridgehead atoms. The van der Waals surface area contributed by atoms with Gasteiger partial charge in [-0.2, -0.15) is 13.7 Å². The summed E-state index contributed by atoms with van der Waals surface area (Å²) in [4.78, 5) is 12.5. The van der Waals surface area contributed by atoms with Gasteiger partial charge >= 0.3 is 10.1 Å². The summed E-state index contributed by atoms with van der Waals surface area (Å²) in [5.41, 5.74) is 2.44. The molecule has 6 nitrogen and oxygen atoms in total. The number of anilines is 1. The number of hydrogen-bond acceptors (Lipinski definition) is 5.